The van der Waals surface area contributed by atoms with Crippen molar-refractivity contribution in [3.05, 3.63) is 35.4 Å². The number of aldehydes is 1. The summed E-state index contributed by atoms with van der Waals surface area (Å²) in [4.78, 5) is 37.0. The summed E-state index contributed by atoms with van der Waals surface area (Å²) in [5.74, 6) is -0.441. The van der Waals surface area contributed by atoms with E-state index in [4.69, 9.17) is 0 Å². The van der Waals surface area contributed by atoms with Crippen molar-refractivity contribution in [2.45, 2.75) is 40.5 Å². The maximum atomic E-state index is 12.4. The van der Waals surface area contributed by atoms with Crippen molar-refractivity contribution in [2.24, 2.45) is 10.8 Å². The summed E-state index contributed by atoms with van der Waals surface area (Å²) in [5, 5.41) is 0. The maximum Gasteiger partial charge on any atom is 0.261 e. The summed E-state index contributed by atoms with van der Waals surface area (Å²) >= 11 is 0. The molecule has 0 spiro atoms. The average Bonchev–Trinajstić information content (AvgIpc) is 2.63. The van der Waals surface area contributed by atoms with Crippen molar-refractivity contribution in [1.29, 1.82) is 0 Å². The second-order valence-corrected chi connectivity index (χ2v) is 7.62. The molecule has 0 aromatic heterocycles. The largest absolute Gasteiger partial charge is 0.303 e. The Hall–Kier alpha value is -1.97. The predicted molar refractivity (Wildman–Crippen MR) is 84.7 cm³/mol. The molecule has 1 aromatic rings. The molecule has 1 aromatic carbocycles. The maximum absolute atomic E-state index is 12.4. The molecule has 22 heavy (non-hydrogen) atoms. The summed E-state index contributed by atoms with van der Waals surface area (Å²) in [5.41, 5.74) is 0.565. The van der Waals surface area contributed by atoms with E-state index in [1.54, 1.807) is 24.3 Å². The Morgan fingerprint density at radius 1 is 0.955 bits per heavy atom. The van der Waals surface area contributed by atoms with Gasteiger partial charge in [0.15, 0.2) is 0 Å². The van der Waals surface area contributed by atoms with Crippen molar-refractivity contribution in [1.82, 2.24) is 4.90 Å². The Kier molecular flexibility index (Phi) is 4.23. The molecule has 4 heteroatoms. The van der Waals surface area contributed by atoms with E-state index in [1.807, 2.05) is 27.7 Å². The molecule has 0 aliphatic carbocycles. The summed E-state index contributed by atoms with van der Waals surface area (Å²) in [6, 6.07) is 6.93. The first-order valence-corrected chi connectivity index (χ1v) is 7.56. The molecule has 0 fully saturated rings. The SMILES string of the molecule is CC(C)(CC=O)CC(C)(C)CN1C(=O)c2ccccc2C1=O. The normalized spacial score (nSPS) is 15.2. The highest BCUT2D eigenvalue weighted by Gasteiger charge is 2.39. The van der Waals surface area contributed by atoms with E-state index in [9.17, 15) is 14.4 Å². The van der Waals surface area contributed by atoms with Crippen LogP contribution in [0, 0.1) is 10.8 Å². The van der Waals surface area contributed by atoms with Gasteiger partial charge in [-0.2, -0.15) is 0 Å². The lowest BCUT2D eigenvalue weighted by atomic mass is 9.73. The lowest BCUT2D eigenvalue weighted by Crippen LogP contribution is -2.40. The number of hydrogen-bond acceptors (Lipinski definition) is 3. The number of carbonyl (C=O) groups excluding carboxylic acids is 3. The van der Waals surface area contributed by atoms with Crippen molar-refractivity contribution >= 4 is 18.1 Å². The number of nitrogens with zero attached hydrogens (tertiary/aromatic N) is 1. The minimum Gasteiger partial charge on any atom is -0.303 e. The van der Waals surface area contributed by atoms with Gasteiger partial charge in [0, 0.05) is 13.0 Å². The molecule has 0 saturated carbocycles. The molecular formula is C18H23NO3. The molecule has 1 aliphatic heterocycles. The molecule has 118 valence electrons. The lowest BCUT2D eigenvalue weighted by Gasteiger charge is -2.36. The molecule has 0 radical (unpaired) electrons. The quantitative estimate of drug-likeness (QED) is 0.598. The van der Waals surface area contributed by atoms with Crippen LogP contribution in [0.4, 0.5) is 0 Å². The third-order valence-corrected chi connectivity index (χ3v) is 4.06. The Morgan fingerprint density at radius 3 is 1.91 bits per heavy atom. The summed E-state index contributed by atoms with van der Waals surface area (Å²) in [6.45, 7) is 8.49. The van der Waals surface area contributed by atoms with Gasteiger partial charge in [0.25, 0.3) is 11.8 Å². The first-order chi connectivity index (χ1) is 10.2. The Bertz CT molecular complexity index is 582. The minimum atomic E-state index is -0.250. The second-order valence-electron chi connectivity index (χ2n) is 7.62. The van der Waals surface area contributed by atoms with Crippen LogP contribution < -0.4 is 0 Å². The molecule has 2 rings (SSSR count). The van der Waals surface area contributed by atoms with E-state index in [0.717, 1.165) is 12.7 Å². The number of benzene rings is 1. The van der Waals surface area contributed by atoms with E-state index in [2.05, 4.69) is 0 Å². The molecule has 0 unspecified atom stereocenters. The number of hydrogen-bond donors (Lipinski definition) is 0. The van der Waals surface area contributed by atoms with Crippen LogP contribution >= 0.6 is 0 Å². The van der Waals surface area contributed by atoms with Crippen LogP contribution in [0.2, 0.25) is 0 Å². The number of amides is 2. The van der Waals surface area contributed by atoms with E-state index < -0.39 is 0 Å². The Labute approximate surface area is 131 Å². The van der Waals surface area contributed by atoms with Gasteiger partial charge in [0.05, 0.1) is 11.1 Å². The lowest BCUT2D eigenvalue weighted by molar-refractivity contribution is -0.109. The molecule has 0 N–H and O–H groups in total. The highest BCUT2D eigenvalue weighted by molar-refractivity contribution is 6.21. The number of carbonyl (C=O) groups is 3. The van der Waals surface area contributed by atoms with Crippen molar-refractivity contribution in [3.8, 4) is 0 Å². The third kappa shape index (κ3) is 3.26. The summed E-state index contributed by atoms with van der Waals surface area (Å²) < 4.78 is 0. The molecule has 1 aliphatic rings. The standard InChI is InChI=1S/C18H23NO3/c1-17(2,9-10-20)11-18(3,4)12-19-15(21)13-7-5-6-8-14(13)16(19)22/h5-8,10H,9,11-12H2,1-4H3. The van der Waals surface area contributed by atoms with Crippen molar-refractivity contribution < 1.29 is 14.4 Å². The molecule has 0 saturated heterocycles. The molecule has 4 nitrogen and oxygen atoms in total. The van der Waals surface area contributed by atoms with E-state index in [-0.39, 0.29) is 22.6 Å². The van der Waals surface area contributed by atoms with Crippen LogP contribution in [0.15, 0.2) is 24.3 Å². The molecule has 1 heterocycles. The topological polar surface area (TPSA) is 54.5 Å². The zero-order valence-electron chi connectivity index (χ0n) is 13.7. The predicted octanol–water partition coefficient (Wildman–Crippen LogP) is 3.31. The average molecular weight is 301 g/mol. The molecular weight excluding hydrogens is 278 g/mol. The summed E-state index contributed by atoms with van der Waals surface area (Å²) in [6.07, 6.45) is 2.16. The van der Waals surface area contributed by atoms with Crippen LogP contribution in [0.1, 0.15) is 61.3 Å². The van der Waals surface area contributed by atoms with Gasteiger partial charge in [0.1, 0.15) is 6.29 Å². The van der Waals surface area contributed by atoms with Gasteiger partial charge < -0.3 is 4.79 Å². The van der Waals surface area contributed by atoms with Crippen LogP contribution in [-0.2, 0) is 4.79 Å². The van der Waals surface area contributed by atoms with E-state index >= 15 is 0 Å². The van der Waals surface area contributed by atoms with E-state index in [1.165, 1.54) is 4.90 Å². The first kappa shape index (κ1) is 16.4. The molecule has 0 atom stereocenters. The minimum absolute atomic E-state index is 0.149. The molecule has 0 bridgehead atoms. The van der Waals surface area contributed by atoms with Gasteiger partial charge in [-0.3, -0.25) is 14.5 Å². The highest BCUT2D eigenvalue weighted by atomic mass is 16.2. The van der Waals surface area contributed by atoms with Crippen molar-refractivity contribution in [2.75, 3.05) is 6.54 Å². The van der Waals surface area contributed by atoms with Gasteiger partial charge in [-0.05, 0) is 29.4 Å². The van der Waals surface area contributed by atoms with Crippen LogP contribution in [0.5, 0.6) is 0 Å². The smallest absolute Gasteiger partial charge is 0.261 e. The van der Waals surface area contributed by atoms with Gasteiger partial charge in [-0.15, -0.1) is 0 Å². The second kappa shape index (κ2) is 5.67. The van der Waals surface area contributed by atoms with Crippen LogP contribution in [0.25, 0.3) is 0 Å². The van der Waals surface area contributed by atoms with Gasteiger partial charge in [0.2, 0.25) is 0 Å². The van der Waals surface area contributed by atoms with E-state index in [0.29, 0.717) is 24.1 Å². The fraction of sp³-hybridized carbons (Fsp3) is 0.500. The fourth-order valence-electron chi connectivity index (χ4n) is 3.46. The Morgan fingerprint density at radius 2 is 1.45 bits per heavy atom. The zero-order valence-corrected chi connectivity index (χ0v) is 13.7. The summed E-state index contributed by atoms with van der Waals surface area (Å²) in [7, 11) is 0. The third-order valence-electron chi connectivity index (χ3n) is 4.06. The van der Waals surface area contributed by atoms with Crippen molar-refractivity contribution in [3.63, 3.8) is 0 Å². The zero-order chi connectivity index (χ0) is 16.5. The monoisotopic (exact) mass is 301 g/mol. The van der Waals surface area contributed by atoms with Gasteiger partial charge >= 0.3 is 0 Å². The molecule has 2 amide bonds. The number of fused-ring (bicyclic) bond motifs is 1. The first-order valence-electron chi connectivity index (χ1n) is 7.56. The van der Waals surface area contributed by atoms with Gasteiger partial charge in [-0.1, -0.05) is 39.8 Å². The number of imide groups is 1. The fourth-order valence-corrected chi connectivity index (χ4v) is 3.46. The number of rotatable bonds is 6. The van der Waals surface area contributed by atoms with Crippen LogP contribution in [-0.4, -0.2) is 29.5 Å². The van der Waals surface area contributed by atoms with Gasteiger partial charge in [-0.25, -0.2) is 0 Å². The Balaban J connectivity index is 2.16. The van der Waals surface area contributed by atoms with Crippen LogP contribution in [0.3, 0.4) is 0 Å². The highest BCUT2D eigenvalue weighted by Crippen LogP contribution is 2.37.